The number of carbonyl (C=O) groups excluding carboxylic acids is 1. The van der Waals surface area contributed by atoms with E-state index in [1.165, 1.54) is 30.6 Å². The second-order valence-corrected chi connectivity index (χ2v) is 6.87. The average molecular weight is 395 g/mol. The Kier molecular flexibility index (Phi) is 5.17. The molecule has 2 aromatic carbocycles. The molecule has 4 nitrogen and oxygen atoms in total. The Morgan fingerprint density at radius 3 is 2.48 bits per heavy atom. The minimum Gasteiger partial charge on any atom is -0.465 e. The molecule has 2 N–H and O–H groups in total. The number of halogens is 2. The van der Waals surface area contributed by atoms with E-state index in [4.69, 9.17) is 28.6 Å². The Balaban J connectivity index is 1.78. The lowest BCUT2D eigenvalue weighted by atomic mass is 10.2. The first kappa shape index (κ1) is 17.6. The molecule has 25 heavy (non-hydrogen) atoms. The van der Waals surface area contributed by atoms with E-state index in [0.29, 0.717) is 20.7 Å². The van der Waals surface area contributed by atoms with Gasteiger partial charge in [0.15, 0.2) is 5.11 Å². The molecule has 1 heterocycles. The molecule has 0 aliphatic rings. The normalized spacial score (nSPS) is 10.5. The summed E-state index contributed by atoms with van der Waals surface area (Å²) in [7, 11) is 1.32. The number of esters is 1. The lowest BCUT2D eigenvalue weighted by molar-refractivity contribution is 0.0606. The largest absolute Gasteiger partial charge is 0.465 e. The average Bonchev–Trinajstić information content (AvgIpc) is 2.92. The van der Waals surface area contributed by atoms with Crippen LogP contribution < -0.4 is 10.6 Å². The smallest absolute Gasteiger partial charge is 0.349 e. The molecule has 0 spiro atoms. The first-order valence-electron chi connectivity index (χ1n) is 7.12. The van der Waals surface area contributed by atoms with Gasteiger partial charge < -0.3 is 15.4 Å². The second-order valence-electron chi connectivity index (χ2n) is 5.03. The number of carbonyl (C=O) groups is 1. The van der Waals surface area contributed by atoms with Crippen molar-refractivity contribution in [1.29, 1.82) is 0 Å². The number of thiophene rings is 1. The minimum absolute atomic E-state index is 0.314. The Bertz CT molecular complexity index is 957. The third-order valence-corrected chi connectivity index (χ3v) is 5.20. The van der Waals surface area contributed by atoms with E-state index in [-0.39, 0.29) is 5.82 Å². The van der Waals surface area contributed by atoms with Gasteiger partial charge in [-0.2, -0.15) is 0 Å². The number of methoxy groups -OCH3 is 1. The van der Waals surface area contributed by atoms with Crippen molar-refractivity contribution in [3.63, 3.8) is 0 Å². The van der Waals surface area contributed by atoms with E-state index in [9.17, 15) is 9.18 Å². The highest BCUT2D eigenvalue weighted by atomic mass is 35.5. The molecule has 3 rings (SSSR count). The zero-order valence-electron chi connectivity index (χ0n) is 12.9. The monoisotopic (exact) mass is 394 g/mol. The summed E-state index contributed by atoms with van der Waals surface area (Å²) >= 11 is 12.7. The molecule has 0 aliphatic heterocycles. The van der Waals surface area contributed by atoms with E-state index in [2.05, 4.69) is 10.6 Å². The van der Waals surface area contributed by atoms with Gasteiger partial charge in [0.25, 0.3) is 0 Å². The van der Waals surface area contributed by atoms with Gasteiger partial charge in [0.05, 0.1) is 12.1 Å². The maximum Gasteiger partial charge on any atom is 0.349 e. The Morgan fingerprint density at radius 1 is 1.16 bits per heavy atom. The molecule has 1 aromatic heterocycles. The van der Waals surface area contributed by atoms with Crippen LogP contribution in [0, 0.1) is 5.82 Å². The van der Waals surface area contributed by atoms with Crippen molar-refractivity contribution in [3.05, 3.63) is 58.2 Å². The van der Waals surface area contributed by atoms with Gasteiger partial charge in [0.1, 0.15) is 10.7 Å². The molecule has 0 saturated carbocycles. The van der Waals surface area contributed by atoms with Gasteiger partial charge in [-0.3, -0.25) is 0 Å². The lowest BCUT2D eigenvalue weighted by Crippen LogP contribution is -2.18. The summed E-state index contributed by atoms with van der Waals surface area (Å²) in [6, 6.07) is 11.3. The molecular weight excluding hydrogens is 383 g/mol. The van der Waals surface area contributed by atoms with Gasteiger partial charge in [0, 0.05) is 21.5 Å². The molecule has 0 atom stereocenters. The Morgan fingerprint density at radius 2 is 1.80 bits per heavy atom. The number of nitrogens with one attached hydrogen (secondary N) is 2. The number of thiocarbonyl (C=S) groups is 1. The first-order chi connectivity index (χ1) is 12.0. The molecule has 0 aliphatic carbocycles. The van der Waals surface area contributed by atoms with Gasteiger partial charge in [-0.25, -0.2) is 9.18 Å². The highest BCUT2D eigenvalue weighted by Crippen LogP contribution is 2.37. The van der Waals surface area contributed by atoms with Crippen LogP contribution in [-0.4, -0.2) is 18.2 Å². The molecule has 0 bridgehead atoms. The highest BCUT2D eigenvalue weighted by Gasteiger charge is 2.17. The van der Waals surface area contributed by atoms with E-state index >= 15 is 0 Å². The number of anilines is 2. The lowest BCUT2D eigenvalue weighted by Gasteiger charge is -2.10. The maximum atomic E-state index is 12.9. The predicted octanol–water partition coefficient (Wildman–Crippen LogP) is 5.29. The standard InChI is InChI=1S/C17H12ClFN2O2S2/c1-23-16(22)15-14(18)12-7-6-11(8-13(12)25-15)21-17(24)20-10-4-2-9(19)3-5-10/h2-8H,1H3,(H2,20,21,24). The van der Waals surface area contributed by atoms with Gasteiger partial charge in [-0.15, -0.1) is 11.3 Å². The van der Waals surface area contributed by atoms with Crippen LogP contribution >= 0.6 is 35.2 Å². The fourth-order valence-corrected chi connectivity index (χ4v) is 3.90. The van der Waals surface area contributed by atoms with E-state index in [0.717, 1.165) is 15.8 Å². The van der Waals surface area contributed by atoms with Crippen molar-refractivity contribution in [3.8, 4) is 0 Å². The topological polar surface area (TPSA) is 50.4 Å². The van der Waals surface area contributed by atoms with Gasteiger partial charge in [0.2, 0.25) is 0 Å². The summed E-state index contributed by atoms with van der Waals surface area (Å²) < 4.78 is 18.5. The van der Waals surface area contributed by atoms with Crippen molar-refractivity contribution >= 4 is 67.7 Å². The quantitative estimate of drug-likeness (QED) is 0.467. The summed E-state index contributed by atoms with van der Waals surface area (Å²) in [5, 5.41) is 7.53. The van der Waals surface area contributed by atoms with Crippen LogP contribution in [0.2, 0.25) is 5.02 Å². The van der Waals surface area contributed by atoms with Crippen molar-refractivity contribution in [2.75, 3.05) is 17.7 Å². The Labute approximate surface area is 157 Å². The van der Waals surface area contributed by atoms with Crippen LogP contribution in [0.25, 0.3) is 10.1 Å². The second kappa shape index (κ2) is 7.35. The van der Waals surface area contributed by atoms with Gasteiger partial charge in [-0.05, 0) is 54.7 Å². The predicted molar refractivity (Wildman–Crippen MR) is 104 cm³/mol. The number of rotatable bonds is 3. The zero-order valence-corrected chi connectivity index (χ0v) is 15.3. The molecule has 0 unspecified atom stereocenters. The first-order valence-corrected chi connectivity index (χ1v) is 8.72. The van der Waals surface area contributed by atoms with Crippen LogP contribution in [0.1, 0.15) is 9.67 Å². The van der Waals surface area contributed by atoms with E-state index in [1.807, 2.05) is 12.1 Å². The molecule has 0 saturated heterocycles. The van der Waals surface area contributed by atoms with Crippen molar-refractivity contribution < 1.29 is 13.9 Å². The van der Waals surface area contributed by atoms with Gasteiger partial charge >= 0.3 is 5.97 Å². The number of hydrogen-bond donors (Lipinski definition) is 2. The van der Waals surface area contributed by atoms with Crippen LogP contribution in [0.3, 0.4) is 0 Å². The third-order valence-electron chi connectivity index (χ3n) is 3.36. The number of benzene rings is 2. The molecule has 3 aromatic rings. The third kappa shape index (κ3) is 3.89. The van der Waals surface area contributed by atoms with Crippen LogP contribution in [0.4, 0.5) is 15.8 Å². The van der Waals surface area contributed by atoms with E-state index in [1.54, 1.807) is 18.2 Å². The summed E-state index contributed by atoms with van der Waals surface area (Å²) in [6.07, 6.45) is 0. The van der Waals surface area contributed by atoms with Crippen LogP contribution in [-0.2, 0) is 4.74 Å². The van der Waals surface area contributed by atoms with Crippen molar-refractivity contribution in [1.82, 2.24) is 0 Å². The summed E-state index contributed by atoms with van der Waals surface area (Å²) in [5.41, 5.74) is 1.41. The number of ether oxygens (including phenoxy) is 1. The van der Waals surface area contributed by atoms with Crippen molar-refractivity contribution in [2.24, 2.45) is 0 Å². The van der Waals surface area contributed by atoms with Crippen LogP contribution in [0.15, 0.2) is 42.5 Å². The minimum atomic E-state index is -0.464. The summed E-state index contributed by atoms with van der Waals surface area (Å²) in [6.45, 7) is 0. The molecular formula is C17H12ClFN2O2S2. The fraction of sp³-hybridized carbons (Fsp3) is 0.0588. The van der Waals surface area contributed by atoms with E-state index < -0.39 is 5.97 Å². The van der Waals surface area contributed by atoms with Crippen LogP contribution in [0.5, 0.6) is 0 Å². The molecule has 0 amide bonds. The van der Waals surface area contributed by atoms with Gasteiger partial charge in [-0.1, -0.05) is 11.6 Å². The van der Waals surface area contributed by atoms with Crippen molar-refractivity contribution in [2.45, 2.75) is 0 Å². The summed E-state index contributed by atoms with van der Waals surface area (Å²) in [5.74, 6) is -0.778. The maximum absolute atomic E-state index is 12.9. The molecule has 8 heteroatoms. The number of fused-ring (bicyclic) bond motifs is 1. The SMILES string of the molecule is COC(=O)c1sc2cc(NC(=S)Nc3ccc(F)cc3)ccc2c1Cl. The Hall–Kier alpha value is -2.22. The fourth-order valence-electron chi connectivity index (χ4n) is 2.19. The zero-order chi connectivity index (χ0) is 18.0. The highest BCUT2D eigenvalue weighted by molar-refractivity contribution is 7.80. The molecule has 0 radical (unpaired) electrons. The molecule has 128 valence electrons. The molecule has 0 fully saturated rings. The summed E-state index contributed by atoms with van der Waals surface area (Å²) in [4.78, 5) is 12.1. The number of hydrogen-bond acceptors (Lipinski definition) is 4.